The first-order chi connectivity index (χ1) is 5.07. The van der Waals surface area contributed by atoms with Crippen LogP contribution >= 0.6 is 0 Å². The minimum absolute atomic E-state index is 0.617. The molecule has 0 aromatic rings. The van der Waals surface area contributed by atoms with E-state index in [0.717, 1.165) is 5.92 Å². The molecular formula is C11H20. The SMILES string of the molecule is C=C/C(=C\CC(C)C)C(C)C. The van der Waals surface area contributed by atoms with Gasteiger partial charge < -0.3 is 0 Å². The Labute approximate surface area is 71.0 Å². The summed E-state index contributed by atoms with van der Waals surface area (Å²) in [5, 5.41) is 0. The van der Waals surface area contributed by atoms with E-state index in [1.54, 1.807) is 0 Å². The molecule has 11 heavy (non-hydrogen) atoms. The first kappa shape index (κ1) is 10.5. The van der Waals surface area contributed by atoms with Crippen LogP contribution in [0.2, 0.25) is 0 Å². The first-order valence-electron chi connectivity index (χ1n) is 4.40. The van der Waals surface area contributed by atoms with Gasteiger partial charge in [0.25, 0.3) is 0 Å². The Balaban J connectivity index is 4.01. The Kier molecular flexibility index (Phi) is 4.93. The van der Waals surface area contributed by atoms with E-state index < -0.39 is 0 Å². The fourth-order valence-corrected chi connectivity index (χ4v) is 0.927. The van der Waals surface area contributed by atoms with Crippen LogP contribution in [0.5, 0.6) is 0 Å². The van der Waals surface area contributed by atoms with Crippen LogP contribution in [0, 0.1) is 11.8 Å². The van der Waals surface area contributed by atoms with Gasteiger partial charge in [-0.3, -0.25) is 0 Å². The zero-order valence-corrected chi connectivity index (χ0v) is 8.22. The molecule has 0 bridgehead atoms. The van der Waals surface area contributed by atoms with Gasteiger partial charge in [0.1, 0.15) is 0 Å². The second-order valence-corrected chi connectivity index (χ2v) is 3.69. The monoisotopic (exact) mass is 152 g/mol. The van der Waals surface area contributed by atoms with Gasteiger partial charge in [0.05, 0.1) is 0 Å². The number of allylic oxidation sites excluding steroid dienone is 3. The minimum atomic E-state index is 0.617. The third kappa shape index (κ3) is 4.83. The maximum atomic E-state index is 3.79. The summed E-state index contributed by atoms with van der Waals surface area (Å²) in [4.78, 5) is 0. The summed E-state index contributed by atoms with van der Waals surface area (Å²) in [5.74, 6) is 1.37. The Morgan fingerprint density at radius 1 is 1.27 bits per heavy atom. The van der Waals surface area contributed by atoms with E-state index in [-0.39, 0.29) is 0 Å². The van der Waals surface area contributed by atoms with Crippen LogP contribution in [-0.4, -0.2) is 0 Å². The molecule has 0 fully saturated rings. The Hall–Kier alpha value is -0.520. The lowest BCUT2D eigenvalue weighted by atomic mass is 10.00. The van der Waals surface area contributed by atoms with Gasteiger partial charge in [-0.1, -0.05) is 52.0 Å². The van der Waals surface area contributed by atoms with Crippen molar-refractivity contribution in [2.45, 2.75) is 34.1 Å². The molecule has 0 saturated carbocycles. The molecule has 0 amide bonds. The highest BCUT2D eigenvalue weighted by Gasteiger charge is 1.97. The topological polar surface area (TPSA) is 0 Å². The highest BCUT2D eigenvalue weighted by molar-refractivity contribution is 5.17. The maximum Gasteiger partial charge on any atom is -0.0222 e. The van der Waals surface area contributed by atoms with Gasteiger partial charge in [-0.15, -0.1) is 0 Å². The lowest BCUT2D eigenvalue weighted by molar-refractivity contribution is 0.654. The third-order valence-electron chi connectivity index (χ3n) is 1.73. The lowest BCUT2D eigenvalue weighted by Gasteiger charge is -2.06. The Bertz CT molecular complexity index is 138. The molecule has 0 nitrogen and oxygen atoms in total. The molecule has 0 aliphatic carbocycles. The van der Waals surface area contributed by atoms with Crippen LogP contribution in [0.15, 0.2) is 24.3 Å². The van der Waals surface area contributed by atoms with E-state index in [1.165, 1.54) is 12.0 Å². The fraction of sp³-hybridized carbons (Fsp3) is 0.636. The van der Waals surface area contributed by atoms with E-state index in [4.69, 9.17) is 0 Å². The molecule has 0 N–H and O–H groups in total. The Morgan fingerprint density at radius 3 is 2.09 bits per heavy atom. The van der Waals surface area contributed by atoms with Crippen molar-refractivity contribution in [1.29, 1.82) is 0 Å². The van der Waals surface area contributed by atoms with Crippen molar-refractivity contribution in [3.8, 4) is 0 Å². The zero-order chi connectivity index (χ0) is 8.85. The van der Waals surface area contributed by atoms with Gasteiger partial charge in [0, 0.05) is 0 Å². The highest BCUT2D eigenvalue weighted by atomic mass is 14.0. The molecule has 0 saturated heterocycles. The van der Waals surface area contributed by atoms with Crippen LogP contribution in [0.25, 0.3) is 0 Å². The summed E-state index contributed by atoms with van der Waals surface area (Å²) in [7, 11) is 0. The van der Waals surface area contributed by atoms with Gasteiger partial charge >= 0.3 is 0 Å². The smallest absolute Gasteiger partial charge is 0.0222 e. The van der Waals surface area contributed by atoms with E-state index in [0.29, 0.717) is 5.92 Å². The average Bonchev–Trinajstić information content (AvgIpc) is 1.87. The van der Waals surface area contributed by atoms with Crippen LogP contribution in [0.3, 0.4) is 0 Å². The summed E-state index contributed by atoms with van der Waals surface area (Å²) in [6, 6.07) is 0. The second kappa shape index (κ2) is 5.17. The molecule has 0 aromatic carbocycles. The minimum Gasteiger partial charge on any atom is -0.0988 e. The molecule has 0 aliphatic rings. The van der Waals surface area contributed by atoms with Crippen molar-refractivity contribution in [1.82, 2.24) is 0 Å². The van der Waals surface area contributed by atoms with Crippen molar-refractivity contribution in [3.05, 3.63) is 24.3 Å². The van der Waals surface area contributed by atoms with Gasteiger partial charge in [0.2, 0.25) is 0 Å². The molecule has 64 valence electrons. The van der Waals surface area contributed by atoms with Gasteiger partial charge in [-0.25, -0.2) is 0 Å². The molecule has 0 aromatic heterocycles. The zero-order valence-electron chi connectivity index (χ0n) is 8.22. The molecule has 0 heteroatoms. The summed E-state index contributed by atoms with van der Waals surface area (Å²) in [6.45, 7) is 12.7. The standard InChI is InChI=1S/C11H20/c1-6-11(10(4)5)8-7-9(2)3/h6,8-10H,1,7H2,2-5H3/b11-8+. The van der Waals surface area contributed by atoms with Crippen molar-refractivity contribution in [2.24, 2.45) is 11.8 Å². The van der Waals surface area contributed by atoms with Crippen molar-refractivity contribution >= 4 is 0 Å². The summed E-state index contributed by atoms with van der Waals surface area (Å²) < 4.78 is 0. The largest absolute Gasteiger partial charge is 0.0988 e. The molecule has 0 atom stereocenters. The molecular weight excluding hydrogens is 132 g/mol. The van der Waals surface area contributed by atoms with Crippen molar-refractivity contribution in [2.75, 3.05) is 0 Å². The predicted molar refractivity (Wildman–Crippen MR) is 52.6 cm³/mol. The molecule has 0 unspecified atom stereocenters. The predicted octanol–water partition coefficient (Wildman–Crippen LogP) is 3.80. The lowest BCUT2D eigenvalue weighted by Crippen LogP contribution is -1.91. The quantitative estimate of drug-likeness (QED) is 0.537. The van der Waals surface area contributed by atoms with Crippen LogP contribution in [0.1, 0.15) is 34.1 Å². The average molecular weight is 152 g/mol. The maximum absolute atomic E-state index is 3.79. The van der Waals surface area contributed by atoms with Gasteiger partial charge in [0.15, 0.2) is 0 Å². The van der Waals surface area contributed by atoms with Crippen molar-refractivity contribution in [3.63, 3.8) is 0 Å². The van der Waals surface area contributed by atoms with E-state index >= 15 is 0 Å². The van der Waals surface area contributed by atoms with Gasteiger partial charge in [-0.2, -0.15) is 0 Å². The van der Waals surface area contributed by atoms with E-state index in [9.17, 15) is 0 Å². The highest BCUT2D eigenvalue weighted by Crippen LogP contribution is 2.13. The molecule has 0 spiro atoms. The summed E-state index contributed by atoms with van der Waals surface area (Å²) in [5.41, 5.74) is 1.37. The fourth-order valence-electron chi connectivity index (χ4n) is 0.927. The van der Waals surface area contributed by atoms with Gasteiger partial charge in [-0.05, 0) is 18.3 Å². The number of hydrogen-bond acceptors (Lipinski definition) is 0. The summed E-state index contributed by atoms with van der Waals surface area (Å²) >= 11 is 0. The van der Waals surface area contributed by atoms with Crippen LogP contribution in [-0.2, 0) is 0 Å². The number of rotatable bonds is 4. The molecule has 0 aliphatic heterocycles. The molecule has 0 radical (unpaired) electrons. The van der Waals surface area contributed by atoms with Crippen LogP contribution < -0.4 is 0 Å². The van der Waals surface area contributed by atoms with E-state index in [1.807, 2.05) is 6.08 Å². The molecule has 0 rings (SSSR count). The summed E-state index contributed by atoms with van der Waals surface area (Å²) in [6.07, 6.45) is 5.43. The number of hydrogen-bond donors (Lipinski definition) is 0. The molecule has 0 heterocycles. The first-order valence-corrected chi connectivity index (χ1v) is 4.40. The normalized spacial score (nSPS) is 12.7. The van der Waals surface area contributed by atoms with E-state index in [2.05, 4.69) is 40.3 Å². The Morgan fingerprint density at radius 2 is 1.82 bits per heavy atom. The third-order valence-corrected chi connectivity index (χ3v) is 1.73. The van der Waals surface area contributed by atoms with Crippen molar-refractivity contribution < 1.29 is 0 Å². The van der Waals surface area contributed by atoms with Crippen LogP contribution in [0.4, 0.5) is 0 Å². The second-order valence-electron chi connectivity index (χ2n) is 3.69.